The highest BCUT2D eigenvalue weighted by atomic mass is 16.5. The van der Waals surface area contributed by atoms with E-state index in [0.717, 1.165) is 27.9 Å². The molecule has 0 aliphatic carbocycles. The van der Waals surface area contributed by atoms with Gasteiger partial charge in [0.15, 0.2) is 5.78 Å². The van der Waals surface area contributed by atoms with Crippen LogP contribution in [0.1, 0.15) is 26.5 Å². The third-order valence-corrected chi connectivity index (χ3v) is 5.81. The Kier molecular flexibility index (Phi) is 6.92. The molecule has 5 aromatic rings. The highest BCUT2D eigenvalue weighted by molar-refractivity contribution is 6.08. The lowest BCUT2D eigenvalue weighted by molar-refractivity contribution is 0.0706. The number of carbonyl (C=O) groups excluding carboxylic acids is 2. The van der Waals surface area contributed by atoms with Crippen LogP contribution >= 0.6 is 0 Å². The van der Waals surface area contributed by atoms with Crippen molar-refractivity contribution >= 4 is 40.2 Å². The molecule has 9 nitrogen and oxygen atoms in total. The minimum atomic E-state index is -0.692. The van der Waals surface area contributed by atoms with Crippen LogP contribution in [0.25, 0.3) is 28.3 Å². The highest BCUT2D eigenvalue weighted by Gasteiger charge is 2.11. The molecule has 0 unspecified atom stereocenters. The standard InChI is InChI=1S/C29H22N4O5/c1-37-22-8-6-21(7-9-22)32-28-24-16-19(5-12-25(24)30-17-31-28)27-14-11-23(38-27)10-13-26(34)18-3-2-4-20(15-18)29(35)33-36/h2-17,36H,1H3,(H,33,35)(H,30,31,32). The number of ketones is 1. The van der Waals surface area contributed by atoms with Gasteiger partial charge in [-0.2, -0.15) is 0 Å². The lowest BCUT2D eigenvalue weighted by Crippen LogP contribution is -2.18. The summed E-state index contributed by atoms with van der Waals surface area (Å²) in [5, 5.41) is 12.9. The molecule has 0 bridgehead atoms. The Hall–Kier alpha value is -5.28. The van der Waals surface area contributed by atoms with Gasteiger partial charge in [0.25, 0.3) is 5.91 Å². The van der Waals surface area contributed by atoms with Crippen molar-refractivity contribution < 1.29 is 24.0 Å². The Morgan fingerprint density at radius 2 is 1.76 bits per heavy atom. The van der Waals surface area contributed by atoms with E-state index in [0.29, 0.717) is 22.9 Å². The second-order valence-corrected chi connectivity index (χ2v) is 8.23. The number of nitrogens with zero attached hydrogens (tertiary/aromatic N) is 2. The van der Waals surface area contributed by atoms with Crippen LogP contribution in [0.2, 0.25) is 0 Å². The number of carbonyl (C=O) groups is 2. The van der Waals surface area contributed by atoms with E-state index in [-0.39, 0.29) is 11.3 Å². The number of amides is 1. The zero-order valence-electron chi connectivity index (χ0n) is 20.2. The molecule has 2 heterocycles. The summed E-state index contributed by atoms with van der Waals surface area (Å²) < 4.78 is 11.2. The number of hydrogen-bond acceptors (Lipinski definition) is 8. The Balaban J connectivity index is 1.36. The smallest absolute Gasteiger partial charge is 0.274 e. The van der Waals surface area contributed by atoms with Crippen molar-refractivity contribution in [2.75, 3.05) is 12.4 Å². The number of benzene rings is 3. The second-order valence-electron chi connectivity index (χ2n) is 8.23. The second kappa shape index (κ2) is 10.8. The Labute approximate surface area is 217 Å². The predicted octanol–water partition coefficient (Wildman–Crippen LogP) is 5.66. The zero-order chi connectivity index (χ0) is 26.5. The molecule has 1 amide bonds. The van der Waals surface area contributed by atoms with Crippen LogP contribution in [0.4, 0.5) is 11.5 Å². The molecule has 3 aromatic carbocycles. The summed E-state index contributed by atoms with van der Waals surface area (Å²) in [4.78, 5) is 33.0. The van der Waals surface area contributed by atoms with Gasteiger partial charge in [-0.25, -0.2) is 15.4 Å². The summed E-state index contributed by atoms with van der Waals surface area (Å²) >= 11 is 0. The van der Waals surface area contributed by atoms with Crippen LogP contribution in [0.3, 0.4) is 0 Å². The molecule has 0 saturated carbocycles. The third kappa shape index (κ3) is 5.28. The van der Waals surface area contributed by atoms with Gasteiger partial charge in [-0.3, -0.25) is 14.8 Å². The topological polar surface area (TPSA) is 127 Å². The molecule has 0 spiro atoms. The van der Waals surface area contributed by atoms with E-state index in [4.69, 9.17) is 14.4 Å². The molecular weight excluding hydrogens is 484 g/mol. The quantitative estimate of drug-likeness (QED) is 0.107. The fourth-order valence-corrected chi connectivity index (χ4v) is 3.85. The van der Waals surface area contributed by atoms with Crippen molar-refractivity contribution in [3.63, 3.8) is 0 Å². The Morgan fingerprint density at radius 3 is 2.55 bits per heavy atom. The van der Waals surface area contributed by atoms with Gasteiger partial charge in [-0.1, -0.05) is 12.1 Å². The van der Waals surface area contributed by atoms with E-state index in [1.54, 1.807) is 36.9 Å². The maximum atomic E-state index is 12.6. The molecule has 0 atom stereocenters. The van der Waals surface area contributed by atoms with E-state index < -0.39 is 5.91 Å². The van der Waals surface area contributed by atoms with E-state index in [2.05, 4.69) is 15.3 Å². The summed E-state index contributed by atoms with van der Waals surface area (Å²) in [6, 6.07) is 22.9. The number of hydrogen-bond donors (Lipinski definition) is 3. The summed E-state index contributed by atoms with van der Waals surface area (Å²) in [5.41, 5.74) is 4.48. The van der Waals surface area contributed by atoms with Crippen LogP contribution in [0, 0.1) is 0 Å². The lowest BCUT2D eigenvalue weighted by Gasteiger charge is -2.10. The lowest BCUT2D eigenvalue weighted by atomic mass is 10.1. The Morgan fingerprint density at radius 1 is 0.947 bits per heavy atom. The first-order chi connectivity index (χ1) is 18.5. The van der Waals surface area contributed by atoms with Gasteiger partial charge in [-0.15, -0.1) is 0 Å². The number of ether oxygens (including phenoxy) is 1. The summed E-state index contributed by atoms with van der Waals surface area (Å²) in [6.07, 6.45) is 4.43. The van der Waals surface area contributed by atoms with Crippen molar-refractivity contribution in [1.29, 1.82) is 0 Å². The Bertz CT molecular complexity index is 1660. The van der Waals surface area contributed by atoms with Crippen molar-refractivity contribution in [1.82, 2.24) is 15.4 Å². The SMILES string of the molecule is COc1ccc(Nc2ncnc3ccc(-c4ccc(C=CC(=O)c5cccc(C(=O)NO)c5)o4)cc23)cc1. The van der Waals surface area contributed by atoms with E-state index in [1.165, 1.54) is 24.5 Å². The number of methoxy groups -OCH3 is 1. The summed E-state index contributed by atoms with van der Waals surface area (Å²) in [7, 11) is 1.62. The average molecular weight is 507 g/mol. The molecule has 2 aromatic heterocycles. The first kappa shape index (κ1) is 24.4. The number of furan rings is 1. The largest absolute Gasteiger partial charge is 0.497 e. The fourth-order valence-electron chi connectivity index (χ4n) is 3.85. The third-order valence-electron chi connectivity index (χ3n) is 5.81. The normalized spacial score (nSPS) is 11.0. The van der Waals surface area contributed by atoms with Crippen LogP contribution in [0.5, 0.6) is 5.75 Å². The zero-order valence-corrected chi connectivity index (χ0v) is 20.2. The van der Waals surface area contributed by atoms with Gasteiger partial charge >= 0.3 is 0 Å². The van der Waals surface area contributed by atoms with E-state index in [1.807, 2.05) is 48.5 Å². The summed E-state index contributed by atoms with van der Waals surface area (Å²) in [6.45, 7) is 0. The van der Waals surface area contributed by atoms with Crippen molar-refractivity contribution in [3.05, 3.63) is 108 Å². The molecule has 3 N–H and O–H groups in total. The number of fused-ring (bicyclic) bond motifs is 1. The molecule has 0 saturated heterocycles. The fraction of sp³-hybridized carbons (Fsp3) is 0.0345. The minimum absolute atomic E-state index is 0.174. The molecule has 188 valence electrons. The number of nitrogens with one attached hydrogen (secondary N) is 2. The molecular formula is C29H22N4O5. The summed E-state index contributed by atoms with van der Waals surface area (Å²) in [5.74, 6) is 1.50. The van der Waals surface area contributed by atoms with Gasteiger partial charge in [0.1, 0.15) is 29.4 Å². The first-order valence-electron chi connectivity index (χ1n) is 11.6. The van der Waals surface area contributed by atoms with Gasteiger partial charge in [0.2, 0.25) is 0 Å². The van der Waals surface area contributed by atoms with Gasteiger partial charge in [-0.05, 0) is 78.9 Å². The van der Waals surface area contributed by atoms with Crippen LogP contribution in [-0.2, 0) is 0 Å². The van der Waals surface area contributed by atoms with E-state index in [9.17, 15) is 9.59 Å². The monoisotopic (exact) mass is 506 g/mol. The number of allylic oxidation sites excluding steroid dienone is 1. The van der Waals surface area contributed by atoms with Crippen molar-refractivity contribution in [2.24, 2.45) is 0 Å². The maximum Gasteiger partial charge on any atom is 0.274 e. The van der Waals surface area contributed by atoms with Gasteiger partial charge < -0.3 is 14.5 Å². The van der Waals surface area contributed by atoms with Crippen molar-refractivity contribution in [2.45, 2.75) is 0 Å². The molecule has 38 heavy (non-hydrogen) atoms. The van der Waals surface area contributed by atoms with Crippen LogP contribution in [0.15, 0.2) is 95.7 Å². The van der Waals surface area contributed by atoms with Gasteiger partial charge in [0, 0.05) is 27.8 Å². The number of anilines is 2. The molecule has 0 fully saturated rings. The average Bonchev–Trinajstić information content (AvgIpc) is 3.45. The van der Waals surface area contributed by atoms with E-state index >= 15 is 0 Å². The first-order valence-corrected chi connectivity index (χ1v) is 11.6. The number of rotatable bonds is 8. The molecule has 0 radical (unpaired) electrons. The maximum absolute atomic E-state index is 12.6. The molecule has 9 heteroatoms. The number of hydroxylamine groups is 1. The highest BCUT2D eigenvalue weighted by Crippen LogP contribution is 2.30. The van der Waals surface area contributed by atoms with Crippen LogP contribution < -0.4 is 15.5 Å². The predicted molar refractivity (Wildman–Crippen MR) is 143 cm³/mol. The van der Waals surface area contributed by atoms with Gasteiger partial charge in [0.05, 0.1) is 12.6 Å². The minimum Gasteiger partial charge on any atom is -0.497 e. The van der Waals surface area contributed by atoms with Crippen molar-refractivity contribution in [3.8, 4) is 17.1 Å². The molecule has 0 aliphatic heterocycles. The molecule has 0 aliphatic rings. The number of aromatic nitrogens is 2. The molecule has 5 rings (SSSR count). The van der Waals surface area contributed by atoms with Crippen LogP contribution in [-0.4, -0.2) is 34.0 Å².